The first-order valence-electron chi connectivity index (χ1n) is 8.51. The normalized spacial score (nSPS) is 13.8. The Morgan fingerprint density at radius 1 is 1.35 bits per heavy atom. The van der Waals surface area contributed by atoms with Gasteiger partial charge in [0.1, 0.15) is 0 Å². The lowest BCUT2D eigenvalue weighted by molar-refractivity contribution is -0.121. The molecule has 0 spiro atoms. The fourth-order valence-electron chi connectivity index (χ4n) is 3.01. The number of hydrogen-bond donors (Lipinski definition) is 2. The third kappa shape index (κ3) is 4.19. The molecular weight excluding hydrogens is 308 g/mol. The average Bonchev–Trinajstić information content (AvgIpc) is 3.19. The first kappa shape index (κ1) is 16.2. The summed E-state index contributed by atoms with van der Waals surface area (Å²) in [5.41, 5.74) is 4.86. The van der Waals surface area contributed by atoms with Crippen molar-refractivity contribution in [1.29, 1.82) is 0 Å². The Kier molecular flexibility index (Phi) is 5.43. The van der Waals surface area contributed by atoms with Crippen molar-refractivity contribution in [2.24, 2.45) is 0 Å². The lowest BCUT2D eigenvalue weighted by Crippen LogP contribution is -2.26. The molecule has 6 heteroatoms. The van der Waals surface area contributed by atoms with Gasteiger partial charge in [-0.15, -0.1) is 11.3 Å². The molecule has 3 rings (SSSR count). The predicted molar refractivity (Wildman–Crippen MR) is 91.8 cm³/mol. The van der Waals surface area contributed by atoms with Gasteiger partial charge in [-0.25, -0.2) is 4.98 Å². The topological polar surface area (TPSA) is 70.7 Å². The number of carbonyl (C=O) groups is 1. The molecule has 2 heterocycles. The van der Waals surface area contributed by atoms with Crippen molar-refractivity contribution in [3.8, 4) is 0 Å². The quantitative estimate of drug-likeness (QED) is 0.819. The summed E-state index contributed by atoms with van der Waals surface area (Å²) < 4.78 is 0. The first-order valence-corrected chi connectivity index (χ1v) is 9.39. The molecule has 2 aromatic heterocycles. The highest BCUT2D eigenvalue weighted by Crippen LogP contribution is 2.22. The minimum atomic E-state index is 0.102. The van der Waals surface area contributed by atoms with E-state index >= 15 is 0 Å². The van der Waals surface area contributed by atoms with Crippen molar-refractivity contribution in [2.75, 3.05) is 6.54 Å². The predicted octanol–water partition coefficient (Wildman–Crippen LogP) is 2.60. The van der Waals surface area contributed by atoms with Gasteiger partial charge in [0.05, 0.1) is 16.4 Å². The van der Waals surface area contributed by atoms with E-state index < -0.39 is 0 Å². The third-order valence-corrected chi connectivity index (χ3v) is 5.31. The molecule has 124 valence electrons. The monoisotopic (exact) mass is 332 g/mol. The van der Waals surface area contributed by atoms with Crippen molar-refractivity contribution in [3.63, 3.8) is 0 Å². The van der Waals surface area contributed by atoms with Crippen molar-refractivity contribution < 1.29 is 4.79 Å². The van der Waals surface area contributed by atoms with Crippen LogP contribution in [0.2, 0.25) is 0 Å². The van der Waals surface area contributed by atoms with Gasteiger partial charge in [-0.3, -0.25) is 9.89 Å². The Hall–Kier alpha value is -1.69. The summed E-state index contributed by atoms with van der Waals surface area (Å²) in [5, 5.41) is 13.7. The molecule has 1 aliphatic carbocycles. The Morgan fingerprint density at radius 3 is 3.04 bits per heavy atom. The van der Waals surface area contributed by atoms with Gasteiger partial charge in [0, 0.05) is 36.9 Å². The third-order valence-electron chi connectivity index (χ3n) is 4.35. The van der Waals surface area contributed by atoms with E-state index in [0.717, 1.165) is 48.5 Å². The number of thiazole rings is 1. The van der Waals surface area contributed by atoms with Gasteiger partial charge in [0.25, 0.3) is 0 Å². The standard InChI is InChI=1S/C17H24N4OS/c1-2-12-11-23-17(19-12)9-10-18-16(22)8-7-15-13-5-3-4-6-14(13)20-21-15/h11H,2-10H2,1H3,(H,18,22)(H,20,21). The van der Waals surface area contributed by atoms with Gasteiger partial charge in [0.2, 0.25) is 5.91 Å². The van der Waals surface area contributed by atoms with E-state index in [1.807, 2.05) is 0 Å². The van der Waals surface area contributed by atoms with Crippen LogP contribution in [-0.2, 0) is 36.9 Å². The summed E-state index contributed by atoms with van der Waals surface area (Å²) >= 11 is 1.68. The van der Waals surface area contributed by atoms with Gasteiger partial charge in [0.15, 0.2) is 0 Å². The van der Waals surface area contributed by atoms with Gasteiger partial charge in [-0.2, -0.15) is 5.10 Å². The van der Waals surface area contributed by atoms with E-state index in [9.17, 15) is 4.79 Å². The Labute approximate surface area is 140 Å². The number of aryl methyl sites for hydroxylation is 3. The molecular formula is C17H24N4OS. The van der Waals surface area contributed by atoms with Gasteiger partial charge in [-0.1, -0.05) is 6.92 Å². The molecule has 2 N–H and O–H groups in total. The minimum Gasteiger partial charge on any atom is -0.356 e. The van der Waals surface area contributed by atoms with Crippen molar-refractivity contribution in [3.05, 3.63) is 33.0 Å². The summed E-state index contributed by atoms with van der Waals surface area (Å²) in [4.78, 5) is 16.5. The molecule has 0 bridgehead atoms. The molecule has 0 saturated carbocycles. The molecule has 0 saturated heterocycles. The van der Waals surface area contributed by atoms with Gasteiger partial charge < -0.3 is 5.32 Å². The number of amides is 1. The van der Waals surface area contributed by atoms with Crippen LogP contribution in [0.25, 0.3) is 0 Å². The zero-order valence-electron chi connectivity index (χ0n) is 13.7. The maximum atomic E-state index is 12.0. The molecule has 0 fully saturated rings. The number of nitrogens with one attached hydrogen (secondary N) is 2. The van der Waals surface area contributed by atoms with Crippen LogP contribution in [0.4, 0.5) is 0 Å². The van der Waals surface area contributed by atoms with Crippen LogP contribution in [-0.4, -0.2) is 27.6 Å². The highest BCUT2D eigenvalue weighted by Gasteiger charge is 2.17. The second kappa shape index (κ2) is 7.73. The average molecular weight is 332 g/mol. The maximum Gasteiger partial charge on any atom is 0.220 e. The van der Waals surface area contributed by atoms with E-state index in [2.05, 4.69) is 32.8 Å². The summed E-state index contributed by atoms with van der Waals surface area (Å²) in [7, 11) is 0. The Morgan fingerprint density at radius 2 is 2.22 bits per heavy atom. The maximum absolute atomic E-state index is 12.0. The summed E-state index contributed by atoms with van der Waals surface area (Å²) in [6.45, 7) is 2.77. The first-order chi connectivity index (χ1) is 11.3. The van der Waals surface area contributed by atoms with Crippen LogP contribution in [0.15, 0.2) is 5.38 Å². The van der Waals surface area contributed by atoms with Crippen LogP contribution in [0.3, 0.4) is 0 Å². The Balaban J connectivity index is 1.40. The molecule has 0 aromatic carbocycles. The SMILES string of the molecule is CCc1csc(CCNC(=O)CCc2n[nH]c3c2CCCC3)n1. The number of fused-ring (bicyclic) bond motifs is 1. The lowest BCUT2D eigenvalue weighted by Gasteiger charge is -2.11. The number of H-pyrrole nitrogens is 1. The van der Waals surface area contributed by atoms with Crippen molar-refractivity contribution >= 4 is 17.2 Å². The van der Waals surface area contributed by atoms with E-state index in [4.69, 9.17) is 0 Å². The second-order valence-corrected chi connectivity index (χ2v) is 6.96. The smallest absolute Gasteiger partial charge is 0.220 e. The highest BCUT2D eigenvalue weighted by molar-refractivity contribution is 7.09. The van der Waals surface area contributed by atoms with E-state index in [0.29, 0.717) is 13.0 Å². The number of carbonyl (C=O) groups excluding carboxylic acids is 1. The van der Waals surface area contributed by atoms with Crippen LogP contribution >= 0.6 is 11.3 Å². The van der Waals surface area contributed by atoms with Gasteiger partial charge in [-0.05, 0) is 37.7 Å². The number of aromatic nitrogens is 3. The molecule has 0 atom stereocenters. The molecule has 23 heavy (non-hydrogen) atoms. The second-order valence-electron chi connectivity index (χ2n) is 6.02. The van der Waals surface area contributed by atoms with Crippen LogP contribution in [0, 0.1) is 0 Å². The van der Waals surface area contributed by atoms with E-state index in [1.165, 1.54) is 24.1 Å². The molecule has 5 nitrogen and oxygen atoms in total. The number of aromatic amines is 1. The zero-order valence-corrected chi connectivity index (χ0v) is 14.5. The summed E-state index contributed by atoms with van der Waals surface area (Å²) in [6.07, 6.45) is 7.70. The lowest BCUT2D eigenvalue weighted by atomic mass is 9.95. The fraction of sp³-hybridized carbons (Fsp3) is 0.588. The molecule has 0 radical (unpaired) electrons. The summed E-state index contributed by atoms with van der Waals surface area (Å²) in [5.74, 6) is 0.102. The van der Waals surface area contributed by atoms with Crippen molar-refractivity contribution in [2.45, 2.75) is 58.3 Å². The Bertz CT molecular complexity index is 661. The van der Waals surface area contributed by atoms with E-state index in [-0.39, 0.29) is 5.91 Å². The molecule has 2 aromatic rings. The van der Waals surface area contributed by atoms with Crippen molar-refractivity contribution in [1.82, 2.24) is 20.5 Å². The van der Waals surface area contributed by atoms with Crippen LogP contribution in [0.1, 0.15) is 53.8 Å². The minimum absolute atomic E-state index is 0.102. The molecule has 0 unspecified atom stereocenters. The number of rotatable bonds is 7. The zero-order chi connectivity index (χ0) is 16.1. The largest absolute Gasteiger partial charge is 0.356 e. The van der Waals surface area contributed by atoms with Gasteiger partial charge >= 0.3 is 0 Å². The molecule has 0 aliphatic heterocycles. The number of hydrogen-bond acceptors (Lipinski definition) is 4. The number of nitrogens with zero attached hydrogens (tertiary/aromatic N) is 2. The fourth-order valence-corrected chi connectivity index (χ4v) is 3.89. The molecule has 1 aliphatic rings. The molecule has 1 amide bonds. The summed E-state index contributed by atoms with van der Waals surface area (Å²) in [6, 6.07) is 0. The van der Waals surface area contributed by atoms with E-state index in [1.54, 1.807) is 11.3 Å². The van der Waals surface area contributed by atoms with Crippen LogP contribution < -0.4 is 5.32 Å². The van der Waals surface area contributed by atoms with Crippen LogP contribution in [0.5, 0.6) is 0 Å². The highest BCUT2D eigenvalue weighted by atomic mass is 32.1.